The summed E-state index contributed by atoms with van der Waals surface area (Å²) in [6, 6.07) is 1.69. The predicted molar refractivity (Wildman–Crippen MR) is 61.0 cm³/mol. The van der Waals surface area contributed by atoms with Gasteiger partial charge in [-0.15, -0.1) is 0 Å². The van der Waals surface area contributed by atoms with E-state index >= 15 is 0 Å². The van der Waals surface area contributed by atoms with E-state index in [1.165, 1.54) is 6.20 Å². The Balaban J connectivity index is 2.44. The minimum atomic E-state index is -1.09. The van der Waals surface area contributed by atoms with Crippen molar-refractivity contribution in [1.82, 2.24) is 4.98 Å². The average Bonchev–Trinajstić information content (AvgIpc) is 2.25. The second-order valence-corrected chi connectivity index (χ2v) is 4.61. The van der Waals surface area contributed by atoms with Crippen molar-refractivity contribution in [3.05, 3.63) is 18.5 Å². The normalized spacial score (nSPS) is 12.6. The van der Waals surface area contributed by atoms with Gasteiger partial charge in [0.15, 0.2) is 0 Å². The quantitative estimate of drug-likeness (QED) is 0.743. The highest BCUT2D eigenvalue weighted by Crippen LogP contribution is 2.13. The number of hydrogen-bond acceptors (Lipinski definition) is 4. The van der Waals surface area contributed by atoms with Crippen molar-refractivity contribution >= 4 is 16.5 Å². The fraction of sp³-hybridized carbons (Fsp3) is 0.500. The number of aromatic nitrogens is 1. The molecule has 0 radical (unpaired) electrons. The molecule has 4 nitrogen and oxygen atoms in total. The van der Waals surface area contributed by atoms with Crippen LogP contribution in [0.5, 0.6) is 0 Å². The van der Waals surface area contributed by atoms with Gasteiger partial charge in [-0.25, -0.2) is 0 Å². The molecule has 0 aromatic carbocycles. The van der Waals surface area contributed by atoms with Crippen LogP contribution in [0.3, 0.4) is 0 Å². The number of rotatable bonds is 6. The third kappa shape index (κ3) is 3.97. The molecule has 0 amide bonds. The maximum absolute atomic E-state index is 11.8. The van der Waals surface area contributed by atoms with Gasteiger partial charge in [-0.05, 0) is 12.5 Å². The van der Waals surface area contributed by atoms with Crippen LogP contribution >= 0.6 is 0 Å². The largest absolute Gasteiger partial charge is 0.396 e. The summed E-state index contributed by atoms with van der Waals surface area (Å²) in [7, 11) is -1.09. The van der Waals surface area contributed by atoms with Crippen molar-refractivity contribution in [3.8, 4) is 0 Å². The molecule has 0 saturated heterocycles. The van der Waals surface area contributed by atoms with Gasteiger partial charge >= 0.3 is 0 Å². The maximum atomic E-state index is 11.8. The van der Waals surface area contributed by atoms with Gasteiger partial charge in [-0.1, -0.05) is 6.92 Å². The molecule has 0 bridgehead atoms. The molecule has 1 unspecified atom stereocenters. The first-order valence-corrected chi connectivity index (χ1v) is 6.23. The van der Waals surface area contributed by atoms with E-state index in [4.69, 9.17) is 10.5 Å². The van der Waals surface area contributed by atoms with Gasteiger partial charge in [0.1, 0.15) is 0 Å². The van der Waals surface area contributed by atoms with Crippen LogP contribution < -0.4 is 5.73 Å². The van der Waals surface area contributed by atoms with Crippen molar-refractivity contribution in [1.29, 1.82) is 0 Å². The van der Waals surface area contributed by atoms with E-state index in [9.17, 15) is 4.21 Å². The summed E-state index contributed by atoms with van der Waals surface area (Å²) in [5.41, 5.74) is 6.13. The first-order chi connectivity index (χ1) is 7.25. The summed E-state index contributed by atoms with van der Waals surface area (Å²) in [5, 5.41) is 0. The Labute approximate surface area is 92.3 Å². The zero-order chi connectivity index (χ0) is 11.1. The Morgan fingerprint density at radius 1 is 1.53 bits per heavy atom. The minimum absolute atomic E-state index is 0.478. The summed E-state index contributed by atoms with van der Waals surface area (Å²) < 4.78 is 17.0. The lowest BCUT2D eigenvalue weighted by Crippen LogP contribution is -2.08. The van der Waals surface area contributed by atoms with Crippen LogP contribution in [0.4, 0.5) is 5.69 Å². The van der Waals surface area contributed by atoms with E-state index in [1.807, 2.05) is 6.92 Å². The summed E-state index contributed by atoms with van der Waals surface area (Å²) >= 11 is 0. The van der Waals surface area contributed by atoms with Crippen molar-refractivity contribution in [2.24, 2.45) is 0 Å². The van der Waals surface area contributed by atoms with Crippen molar-refractivity contribution < 1.29 is 8.95 Å². The van der Waals surface area contributed by atoms with Crippen molar-refractivity contribution in [2.75, 3.05) is 24.7 Å². The molecular formula is C10H16N2O2S. The predicted octanol–water partition coefficient (Wildman–Crippen LogP) is 1.20. The molecule has 1 rings (SSSR count). The van der Waals surface area contributed by atoms with Gasteiger partial charge in [0.05, 0.1) is 39.9 Å². The third-order valence-electron chi connectivity index (χ3n) is 1.82. The maximum Gasteiger partial charge on any atom is 0.0664 e. The van der Waals surface area contributed by atoms with Crippen LogP contribution in [0.1, 0.15) is 13.3 Å². The SMILES string of the molecule is CCCOCCS(=O)c1ccncc1N. The van der Waals surface area contributed by atoms with Gasteiger partial charge in [0, 0.05) is 12.8 Å². The highest BCUT2D eigenvalue weighted by atomic mass is 32.2. The minimum Gasteiger partial charge on any atom is -0.396 e. The second kappa shape index (κ2) is 6.53. The van der Waals surface area contributed by atoms with E-state index in [2.05, 4.69) is 4.98 Å². The Kier molecular flexibility index (Phi) is 5.28. The fourth-order valence-electron chi connectivity index (χ4n) is 1.09. The van der Waals surface area contributed by atoms with Gasteiger partial charge in [0.25, 0.3) is 0 Å². The smallest absolute Gasteiger partial charge is 0.0664 e. The Morgan fingerprint density at radius 3 is 3.00 bits per heavy atom. The first kappa shape index (κ1) is 12.1. The molecule has 84 valence electrons. The number of nitrogen functional groups attached to an aromatic ring is 1. The molecule has 0 saturated carbocycles. The fourth-order valence-corrected chi connectivity index (χ4v) is 2.11. The van der Waals surface area contributed by atoms with Gasteiger partial charge in [-0.2, -0.15) is 0 Å². The summed E-state index contributed by atoms with van der Waals surface area (Å²) in [5.74, 6) is 0.480. The van der Waals surface area contributed by atoms with Crippen LogP contribution in [0.25, 0.3) is 0 Å². The number of anilines is 1. The Bertz CT molecular complexity index is 331. The average molecular weight is 228 g/mol. The molecule has 1 aromatic heterocycles. The number of pyridine rings is 1. The molecule has 15 heavy (non-hydrogen) atoms. The zero-order valence-corrected chi connectivity index (χ0v) is 9.63. The lowest BCUT2D eigenvalue weighted by atomic mass is 10.4. The summed E-state index contributed by atoms with van der Waals surface area (Å²) in [6.45, 7) is 3.25. The van der Waals surface area contributed by atoms with E-state index in [0.717, 1.165) is 6.42 Å². The van der Waals surface area contributed by atoms with E-state index in [0.29, 0.717) is 29.5 Å². The Morgan fingerprint density at radius 2 is 2.33 bits per heavy atom. The highest BCUT2D eigenvalue weighted by Gasteiger charge is 2.06. The molecule has 2 N–H and O–H groups in total. The summed E-state index contributed by atoms with van der Waals surface area (Å²) in [6.07, 6.45) is 4.08. The van der Waals surface area contributed by atoms with E-state index in [-0.39, 0.29) is 0 Å². The molecular weight excluding hydrogens is 212 g/mol. The zero-order valence-electron chi connectivity index (χ0n) is 8.81. The standard InChI is InChI=1S/C10H16N2O2S/c1-2-5-14-6-7-15(13)10-3-4-12-8-9(10)11/h3-4,8H,2,5-7,11H2,1H3. The van der Waals surface area contributed by atoms with Crippen LogP contribution in [-0.2, 0) is 15.5 Å². The number of nitrogens with zero attached hydrogens (tertiary/aromatic N) is 1. The molecule has 1 atom stereocenters. The summed E-state index contributed by atoms with van der Waals surface area (Å²) in [4.78, 5) is 4.49. The van der Waals surface area contributed by atoms with E-state index < -0.39 is 10.8 Å². The number of hydrogen-bond donors (Lipinski definition) is 1. The van der Waals surface area contributed by atoms with Gasteiger partial charge in [0.2, 0.25) is 0 Å². The monoisotopic (exact) mass is 228 g/mol. The van der Waals surface area contributed by atoms with Crippen molar-refractivity contribution in [3.63, 3.8) is 0 Å². The molecule has 1 aromatic rings. The number of ether oxygens (including phenoxy) is 1. The second-order valence-electron chi connectivity index (χ2n) is 3.08. The van der Waals surface area contributed by atoms with Crippen LogP contribution in [0.2, 0.25) is 0 Å². The Hall–Kier alpha value is -0.940. The lowest BCUT2D eigenvalue weighted by Gasteiger charge is -2.05. The molecule has 0 aliphatic heterocycles. The van der Waals surface area contributed by atoms with Gasteiger partial charge < -0.3 is 10.5 Å². The van der Waals surface area contributed by atoms with Crippen LogP contribution in [0, 0.1) is 0 Å². The van der Waals surface area contributed by atoms with Crippen LogP contribution in [0.15, 0.2) is 23.4 Å². The topological polar surface area (TPSA) is 65.2 Å². The van der Waals surface area contributed by atoms with Crippen LogP contribution in [-0.4, -0.2) is 28.2 Å². The molecule has 1 heterocycles. The molecule has 0 fully saturated rings. The highest BCUT2D eigenvalue weighted by molar-refractivity contribution is 7.85. The molecule has 0 aliphatic carbocycles. The molecule has 5 heteroatoms. The molecule has 0 aliphatic rings. The van der Waals surface area contributed by atoms with Gasteiger partial charge in [-0.3, -0.25) is 9.19 Å². The molecule has 0 spiro atoms. The lowest BCUT2D eigenvalue weighted by molar-refractivity contribution is 0.150. The third-order valence-corrected chi connectivity index (χ3v) is 3.22. The first-order valence-electron chi connectivity index (χ1n) is 4.91. The van der Waals surface area contributed by atoms with E-state index in [1.54, 1.807) is 12.3 Å². The van der Waals surface area contributed by atoms with Crippen molar-refractivity contribution in [2.45, 2.75) is 18.2 Å². The number of nitrogens with two attached hydrogens (primary N) is 1.